The Labute approximate surface area is 113 Å². The summed E-state index contributed by atoms with van der Waals surface area (Å²) in [6, 6.07) is 8.72. The van der Waals surface area contributed by atoms with Gasteiger partial charge in [0.1, 0.15) is 11.6 Å². The Bertz CT molecular complexity index is 555. The van der Waals surface area contributed by atoms with E-state index >= 15 is 0 Å². The van der Waals surface area contributed by atoms with Crippen LogP contribution in [0.3, 0.4) is 0 Å². The summed E-state index contributed by atoms with van der Waals surface area (Å²) in [4.78, 5) is 0.711. The molecule has 0 fully saturated rings. The van der Waals surface area contributed by atoms with Crippen LogP contribution in [0.25, 0.3) is 0 Å². The third-order valence-corrected chi connectivity index (χ3v) is 4.01. The van der Waals surface area contributed by atoms with Crippen LogP contribution in [0.15, 0.2) is 41.3 Å². The number of thioether (sulfide) groups is 1. The molecule has 0 bridgehead atoms. The molecule has 0 aliphatic carbocycles. The van der Waals surface area contributed by atoms with E-state index in [4.69, 9.17) is 17.3 Å². The molecule has 2 aromatic rings. The normalized spacial score (nSPS) is 10.6. The largest absolute Gasteiger partial charge is 0.398 e. The van der Waals surface area contributed by atoms with Gasteiger partial charge in [-0.2, -0.15) is 0 Å². The molecular formula is C13H10ClF2NS. The highest BCUT2D eigenvalue weighted by Crippen LogP contribution is 2.34. The minimum atomic E-state index is -0.585. The maximum absolute atomic E-state index is 13.4. The molecule has 0 radical (unpaired) electrons. The number of halogens is 3. The Balaban J connectivity index is 2.16. The van der Waals surface area contributed by atoms with Crippen LogP contribution in [0.1, 0.15) is 5.56 Å². The van der Waals surface area contributed by atoms with Crippen molar-refractivity contribution < 1.29 is 8.78 Å². The molecule has 2 N–H and O–H groups in total. The van der Waals surface area contributed by atoms with E-state index in [0.29, 0.717) is 26.9 Å². The standard InChI is InChI=1S/C13H10ClF2NS/c14-10-2-1-3-12(17)13(10)18-7-8-4-5-9(15)6-11(8)16/h1-6H,7,17H2. The van der Waals surface area contributed by atoms with Gasteiger partial charge < -0.3 is 5.73 Å². The van der Waals surface area contributed by atoms with Gasteiger partial charge in [0.25, 0.3) is 0 Å². The second-order valence-corrected chi connectivity index (χ2v) is 5.08. The molecule has 2 rings (SSSR count). The number of nitrogen functional groups attached to an aromatic ring is 1. The van der Waals surface area contributed by atoms with Crippen molar-refractivity contribution in [2.24, 2.45) is 0 Å². The summed E-state index contributed by atoms with van der Waals surface area (Å²) in [6.07, 6.45) is 0. The average Bonchev–Trinajstić information content (AvgIpc) is 2.31. The monoisotopic (exact) mass is 285 g/mol. The molecule has 18 heavy (non-hydrogen) atoms. The molecule has 0 unspecified atom stereocenters. The van der Waals surface area contributed by atoms with Gasteiger partial charge in [0.05, 0.1) is 5.02 Å². The van der Waals surface area contributed by atoms with E-state index in [-0.39, 0.29) is 0 Å². The van der Waals surface area contributed by atoms with Gasteiger partial charge >= 0.3 is 0 Å². The molecule has 0 aliphatic rings. The Morgan fingerprint density at radius 2 is 1.94 bits per heavy atom. The minimum Gasteiger partial charge on any atom is -0.398 e. The molecule has 0 aliphatic heterocycles. The number of hydrogen-bond acceptors (Lipinski definition) is 2. The van der Waals surface area contributed by atoms with Crippen molar-refractivity contribution in [3.05, 3.63) is 58.6 Å². The summed E-state index contributed by atoms with van der Waals surface area (Å²) in [5.74, 6) is -0.799. The van der Waals surface area contributed by atoms with Gasteiger partial charge in [0.2, 0.25) is 0 Å². The van der Waals surface area contributed by atoms with Crippen LogP contribution in [0.4, 0.5) is 14.5 Å². The summed E-state index contributed by atoms with van der Waals surface area (Å²) in [5.41, 5.74) is 6.76. The molecule has 0 aromatic heterocycles. The van der Waals surface area contributed by atoms with Crippen molar-refractivity contribution in [1.29, 1.82) is 0 Å². The van der Waals surface area contributed by atoms with Crippen LogP contribution >= 0.6 is 23.4 Å². The number of anilines is 1. The maximum atomic E-state index is 13.4. The Morgan fingerprint density at radius 1 is 1.17 bits per heavy atom. The number of nitrogens with two attached hydrogens (primary N) is 1. The highest BCUT2D eigenvalue weighted by molar-refractivity contribution is 7.98. The van der Waals surface area contributed by atoms with Crippen molar-refractivity contribution in [1.82, 2.24) is 0 Å². The first kappa shape index (κ1) is 13.2. The maximum Gasteiger partial charge on any atom is 0.130 e. The molecule has 0 amide bonds. The van der Waals surface area contributed by atoms with Gasteiger partial charge in [-0.05, 0) is 23.8 Å². The van der Waals surface area contributed by atoms with Crippen LogP contribution in [0.5, 0.6) is 0 Å². The lowest BCUT2D eigenvalue weighted by Crippen LogP contribution is -1.92. The van der Waals surface area contributed by atoms with Gasteiger partial charge in [-0.25, -0.2) is 8.78 Å². The fourth-order valence-corrected chi connectivity index (χ4v) is 2.79. The van der Waals surface area contributed by atoms with E-state index in [1.165, 1.54) is 23.9 Å². The zero-order chi connectivity index (χ0) is 13.1. The minimum absolute atomic E-state index is 0.347. The Morgan fingerprint density at radius 3 is 2.61 bits per heavy atom. The second kappa shape index (κ2) is 5.59. The van der Waals surface area contributed by atoms with E-state index in [1.54, 1.807) is 18.2 Å². The molecular weight excluding hydrogens is 276 g/mol. The van der Waals surface area contributed by atoms with Gasteiger partial charge in [-0.3, -0.25) is 0 Å². The van der Waals surface area contributed by atoms with Crippen LogP contribution in [-0.2, 0) is 5.75 Å². The van der Waals surface area contributed by atoms with Crippen molar-refractivity contribution in [2.45, 2.75) is 10.6 Å². The molecule has 0 atom stereocenters. The van der Waals surface area contributed by atoms with E-state index in [1.807, 2.05) is 0 Å². The lowest BCUT2D eigenvalue weighted by Gasteiger charge is -2.08. The highest BCUT2D eigenvalue weighted by atomic mass is 35.5. The van der Waals surface area contributed by atoms with Crippen LogP contribution in [0, 0.1) is 11.6 Å². The summed E-state index contributed by atoms with van der Waals surface area (Å²) in [6.45, 7) is 0. The highest BCUT2D eigenvalue weighted by Gasteiger charge is 2.08. The fraction of sp³-hybridized carbons (Fsp3) is 0.0769. The SMILES string of the molecule is Nc1cccc(Cl)c1SCc1ccc(F)cc1F. The van der Waals surface area contributed by atoms with Gasteiger partial charge in [0.15, 0.2) is 0 Å². The van der Waals surface area contributed by atoms with E-state index in [0.717, 1.165) is 6.07 Å². The van der Waals surface area contributed by atoms with E-state index in [2.05, 4.69) is 0 Å². The van der Waals surface area contributed by atoms with Crippen LogP contribution in [0.2, 0.25) is 5.02 Å². The van der Waals surface area contributed by atoms with Crippen molar-refractivity contribution >= 4 is 29.1 Å². The van der Waals surface area contributed by atoms with Crippen LogP contribution in [-0.4, -0.2) is 0 Å². The quantitative estimate of drug-likeness (QED) is 0.664. The number of hydrogen-bond donors (Lipinski definition) is 1. The third kappa shape index (κ3) is 2.94. The fourth-order valence-electron chi connectivity index (χ4n) is 1.47. The number of rotatable bonds is 3. The first-order chi connectivity index (χ1) is 8.58. The van der Waals surface area contributed by atoms with E-state index in [9.17, 15) is 8.78 Å². The molecule has 94 valence electrons. The first-order valence-corrected chi connectivity index (χ1v) is 6.55. The van der Waals surface area contributed by atoms with Gasteiger partial charge in [-0.15, -0.1) is 11.8 Å². The summed E-state index contributed by atoms with van der Waals surface area (Å²) in [7, 11) is 0. The molecule has 0 heterocycles. The third-order valence-electron chi connectivity index (χ3n) is 2.38. The zero-order valence-electron chi connectivity index (χ0n) is 9.29. The lowest BCUT2D eigenvalue weighted by atomic mass is 10.2. The summed E-state index contributed by atoms with van der Waals surface area (Å²) in [5, 5.41) is 0.530. The summed E-state index contributed by atoms with van der Waals surface area (Å²) >= 11 is 7.33. The van der Waals surface area contributed by atoms with Crippen molar-refractivity contribution in [3.63, 3.8) is 0 Å². The van der Waals surface area contributed by atoms with Crippen molar-refractivity contribution in [2.75, 3.05) is 5.73 Å². The molecule has 0 saturated carbocycles. The summed E-state index contributed by atoms with van der Waals surface area (Å²) < 4.78 is 26.2. The van der Waals surface area contributed by atoms with Gasteiger partial charge in [0, 0.05) is 22.4 Å². The zero-order valence-corrected chi connectivity index (χ0v) is 10.9. The Kier molecular flexibility index (Phi) is 4.09. The molecule has 2 aromatic carbocycles. The molecule has 5 heteroatoms. The Hall–Kier alpha value is -1.26. The predicted molar refractivity (Wildman–Crippen MR) is 71.8 cm³/mol. The first-order valence-electron chi connectivity index (χ1n) is 5.18. The average molecular weight is 286 g/mol. The van der Waals surface area contributed by atoms with E-state index < -0.39 is 11.6 Å². The number of benzene rings is 2. The van der Waals surface area contributed by atoms with Crippen LogP contribution < -0.4 is 5.73 Å². The van der Waals surface area contributed by atoms with Gasteiger partial charge in [-0.1, -0.05) is 23.7 Å². The van der Waals surface area contributed by atoms with Crippen molar-refractivity contribution in [3.8, 4) is 0 Å². The molecule has 0 spiro atoms. The molecule has 0 saturated heterocycles. The molecule has 1 nitrogen and oxygen atoms in total. The topological polar surface area (TPSA) is 26.0 Å². The lowest BCUT2D eigenvalue weighted by molar-refractivity contribution is 0.576. The second-order valence-electron chi connectivity index (χ2n) is 3.68. The predicted octanol–water partition coefficient (Wildman–Crippen LogP) is 4.49. The smallest absolute Gasteiger partial charge is 0.130 e.